The van der Waals surface area contributed by atoms with Gasteiger partial charge in [-0.05, 0) is 17.2 Å². The highest BCUT2D eigenvalue weighted by Gasteiger charge is 2.34. The van der Waals surface area contributed by atoms with Crippen LogP contribution in [0.5, 0.6) is 0 Å². The molecule has 0 saturated carbocycles. The molecule has 0 spiro atoms. The van der Waals surface area contributed by atoms with Crippen LogP contribution in [0.3, 0.4) is 0 Å². The van der Waals surface area contributed by atoms with Gasteiger partial charge in [0.1, 0.15) is 0 Å². The molecular weight excluding hydrogens is 198 g/mol. The maximum atomic E-state index is 6.13. The van der Waals surface area contributed by atoms with E-state index in [0.717, 1.165) is 18.1 Å². The SMILES string of the molecule is Clc1cccc2c1CO[C@@H]1CNC[C@@H]21. The highest BCUT2D eigenvalue weighted by atomic mass is 35.5. The third kappa shape index (κ3) is 1.18. The van der Waals surface area contributed by atoms with Gasteiger partial charge in [0.15, 0.2) is 0 Å². The summed E-state index contributed by atoms with van der Waals surface area (Å²) in [6.45, 7) is 2.65. The van der Waals surface area contributed by atoms with E-state index < -0.39 is 0 Å². The van der Waals surface area contributed by atoms with Crippen molar-refractivity contribution in [1.29, 1.82) is 0 Å². The average Bonchev–Trinajstić information content (AvgIpc) is 2.66. The maximum absolute atomic E-state index is 6.13. The van der Waals surface area contributed by atoms with Crippen LogP contribution in [0.4, 0.5) is 0 Å². The van der Waals surface area contributed by atoms with Gasteiger partial charge in [-0.1, -0.05) is 23.7 Å². The van der Waals surface area contributed by atoms with E-state index in [9.17, 15) is 0 Å². The van der Waals surface area contributed by atoms with E-state index in [1.165, 1.54) is 11.1 Å². The zero-order chi connectivity index (χ0) is 9.54. The van der Waals surface area contributed by atoms with Gasteiger partial charge in [-0.15, -0.1) is 0 Å². The molecule has 0 bridgehead atoms. The second-order valence-corrected chi connectivity index (χ2v) is 4.33. The number of fused-ring (bicyclic) bond motifs is 3. The quantitative estimate of drug-likeness (QED) is 0.705. The smallest absolute Gasteiger partial charge is 0.0784 e. The molecule has 3 heteroatoms. The van der Waals surface area contributed by atoms with Crippen molar-refractivity contribution >= 4 is 11.6 Å². The Morgan fingerprint density at radius 1 is 1.36 bits per heavy atom. The largest absolute Gasteiger partial charge is 0.371 e. The molecule has 74 valence electrons. The Morgan fingerprint density at radius 3 is 3.21 bits per heavy atom. The predicted molar refractivity (Wildman–Crippen MR) is 55.6 cm³/mol. The fourth-order valence-electron chi connectivity index (χ4n) is 2.41. The van der Waals surface area contributed by atoms with E-state index in [-0.39, 0.29) is 0 Å². The van der Waals surface area contributed by atoms with E-state index in [2.05, 4.69) is 11.4 Å². The molecular formula is C11H12ClNO. The molecule has 3 rings (SSSR count). The maximum Gasteiger partial charge on any atom is 0.0784 e. The van der Waals surface area contributed by atoms with Crippen molar-refractivity contribution in [2.24, 2.45) is 0 Å². The average molecular weight is 210 g/mol. The molecule has 0 amide bonds. The van der Waals surface area contributed by atoms with E-state index >= 15 is 0 Å². The standard InChI is InChI=1S/C11H12ClNO/c12-10-3-1-2-7-8-4-13-5-11(8)14-6-9(7)10/h1-3,8,11,13H,4-6H2/t8-,11+/m0/s1. The Labute approximate surface area is 88.2 Å². The van der Waals surface area contributed by atoms with Crippen LogP contribution in [0.1, 0.15) is 17.0 Å². The minimum Gasteiger partial charge on any atom is -0.371 e. The minimum atomic E-state index is 0.348. The van der Waals surface area contributed by atoms with Gasteiger partial charge in [0.05, 0.1) is 12.7 Å². The fourth-order valence-corrected chi connectivity index (χ4v) is 2.64. The zero-order valence-corrected chi connectivity index (χ0v) is 8.55. The Morgan fingerprint density at radius 2 is 2.29 bits per heavy atom. The Bertz CT molecular complexity index is 366. The second-order valence-electron chi connectivity index (χ2n) is 3.92. The lowest BCUT2D eigenvalue weighted by molar-refractivity contribution is 0.0300. The number of benzene rings is 1. The number of rotatable bonds is 0. The summed E-state index contributed by atoms with van der Waals surface area (Å²) in [6.07, 6.45) is 0.348. The summed E-state index contributed by atoms with van der Waals surface area (Å²) in [7, 11) is 0. The number of hydrogen-bond acceptors (Lipinski definition) is 2. The predicted octanol–water partition coefficient (Wildman–Crippen LogP) is 1.93. The fraction of sp³-hybridized carbons (Fsp3) is 0.455. The summed E-state index contributed by atoms with van der Waals surface area (Å²) >= 11 is 6.13. The third-order valence-corrected chi connectivity index (χ3v) is 3.51. The highest BCUT2D eigenvalue weighted by Crippen LogP contribution is 2.36. The highest BCUT2D eigenvalue weighted by molar-refractivity contribution is 6.31. The van der Waals surface area contributed by atoms with Gasteiger partial charge in [0, 0.05) is 24.0 Å². The van der Waals surface area contributed by atoms with Gasteiger partial charge in [0.25, 0.3) is 0 Å². The zero-order valence-electron chi connectivity index (χ0n) is 7.79. The third-order valence-electron chi connectivity index (χ3n) is 3.15. The van der Waals surface area contributed by atoms with E-state index in [1.807, 2.05) is 12.1 Å². The van der Waals surface area contributed by atoms with Crippen LogP contribution >= 0.6 is 11.6 Å². The van der Waals surface area contributed by atoms with Crippen LogP contribution in [0.15, 0.2) is 18.2 Å². The summed E-state index contributed by atoms with van der Waals surface area (Å²) in [4.78, 5) is 0. The second kappa shape index (κ2) is 3.23. The monoisotopic (exact) mass is 209 g/mol. The number of hydrogen-bond donors (Lipinski definition) is 1. The molecule has 2 nitrogen and oxygen atoms in total. The van der Waals surface area contributed by atoms with Crippen molar-refractivity contribution in [1.82, 2.24) is 5.32 Å². The lowest BCUT2D eigenvalue weighted by Crippen LogP contribution is -2.26. The molecule has 2 atom stereocenters. The van der Waals surface area contributed by atoms with Crippen LogP contribution in [-0.2, 0) is 11.3 Å². The first-order valence-corrected chi connectivity index (χ1v) is 5.33. The molecule has 2 aliphatic rings. The van der Waals surface area contributed by atoms with Crippen molar-refractivity contribution in [2.45, 2.75) is 18.6 Å². The Kier molecular flexibility index (Phi) is 2.01. The molecule has 1 N–H and O–H groups in total. The molecule has 14 heavy (non-hydrogen) atoms. The molecule has 1 aromatic rings. The van der Waals surface area contributed by atoms with Crippen LogP contribution in [0.2, 0.25) is 5.02 Å². The molecule has 1 saturated heterocycles. The molecule has 0 aromatic heterocycles. The van der Waals surface area contributed by atoms with E-state index in [4.69, 9.17) is 16.3 Å². The lowest BCUT2D eigenvalue weighted by atomic mass is 9.90. The molecule has 0 radical (unpaired) electrons. The summed E-state index contributed by atoms with van der Waals surface area (Å²) in [5, 5.41) is 4.20. The Balaban J connectivity index is 2.09. The molecule has 1 fully saturated rings. The van der Waals surface area contributed by atoms with Crippen molar-refractivity contribution in [2.75, 3.05) is 13.1 Å². The number of nitrogens with one attached hydrogen (secondary N) is 1. The number of ether oxygens (including phenoxy) is 1. The normalized spacial score (nSPS) is 29.8. The molecule has 2 aliphatic heterocycles. The summed E-state index contributed by atoms with van der Waals surface area (Å²) in [6, 6.07) is 6.14. The minimum absolute atomic E-state index is 0.348. The van der Waals surface area contributed by atoms with Crippen LogP contribution in [0.25, 0.3) is 0 Å². The van der Waals surface area contributed by atoms with Crippen molar-refractivity contribution in [3.63, 3.8) is 0 Å². The van der Waals surface area contributed by atoms with Crippen molar-refractivity contribution in [3.8, 4) is 0 Å². The van der Waals surface area contributed by atoms with Gasteiger partial charge in [-0.3, -0.25) is 0 Å². The van der Waals surface area contributed by atoms with E-state index in [1.54, 1.807) is 0 Å². The topological polar surface area (TPSA) is 21.3 Å². The van der Waals surface area contributed by atoms with Crippen molar-refractivity contribution in [3.05, 3.63) is 34.3 Å². The molecule has 2 heterocycles. The number of halogens is 1. The molecule has 0 unspecified atom stereocenters. The molecule has 0 aliphatic carbocycles. The lowest BCUT2D eigenvalue weighted by Gasteiger charge is -2.28. The first kappa shape index (κ1) is 8.72. The van der Waals surface area contributed by atoms with Gasteiger partial charge in [-0.2, -0.15) is 0 Å². The molecule has 1 aromatic carbocycles. The van der Waals surface area contributed by atoms with Gasteiger partial charge < -0.3 is 10.1 Å². The van der Waals surface area contributed by atoms with E-state index in [0.29, 0.717) is 18.6 Å². The van der Waals surface area contributed by atoms with Crippen LogP contribution in [-0.4, -0.2) is 19.2 Å². The van der Waals surface area contributed by atoms with Gasteiger partial charge in [-0.25, -0.2) is 0 Å². The Hall–Kier alpha value is -0.570. The van der Waals surface area contributed by atoms with Gasteiger partial charge >= 0.3 is 0 Å². The summed E-state index contributed by atoms with van der Waals surface area (Å²) in [5.74, 6) is 0.498. The summed E-state index contributed by atoms with van der Waals surface area (Å²) < 4.78 is 5.76. The van der Waals surface area contributed by atoms with Crippen molar-refractivity contribution < 1.29 is 4.74 Å². The van der Waals surface area contributed by atoms with Crippen LogP contribution in [0, 0.1) is 0 Å². The van der Waals surface area contributed by atoms with Gasteiger partial charge in [0.2, 0.25) is 0 Å². The van der Waals surface area contributed by atoms with Crippen LogP contribution < -0.4 is 5.32 Å². The first-order valence-electron chi connectivity index (χ1n) is 4.96. The summed E-state index contributed by atoms with van der Waals surface area (Å²) in [5.41, 5.74) is 2.55. The first-order chi connectivity index (χ1) is 6.86.